The van der Waals surface area contributed by atoms with Crippen LogP contribution in [0.3, 0.4) is 0 Å². The van der Waals surface area contributed by atoms with E-state index in [9.17, 15) is 0 Å². The van der Waals surface area contributed by atoms with Crippen LogP contribution in [0.4, 0.5) is 15.8 Å². The van der Waals surface area contributed by atoms with Crippen molar-refractivity contribution in [1.82, 2.24) is 0 Å². The summed E-state index contributed by atoms with van der Waals surface area (Å²) in [6.45, 7) is 0. The minimum absolute atomic E-state index is 0.197. The molecule has 0 aromatic heterocycles. The van der Waals surface area contributed by atoms with Gasteiger partial charge in [0, 0.05) is 28.6 Å². The van der Waals surface area contributed by atoms with Gasteiger partial charge in [-0.3, -0.25) is 0 Å². The summed E-state index contributed by atoms with van der Waals surface area (Å²) in [6, 6.07) is 35.4. The fraction of sp³-hybridized carbons (Fsp3) is 0.143. The molecule has 7 rings (SSSR count). The van der Waals surface area contributed by atoms with Crippen LogP contribution in [0.25, 0.3) is 32.3 Å². The second-order valence-electron chi connectivity index (χ2n) is 10.2. The molecule has 0 atom stereocenters. The van der Waals surface area contributed by atoms with Crippen molar-refractivity contribution in [2.45, 2.75) is 32.1 Å². The molecule has 37 heavy (non-hydrogen) atoms. The third kappa shape index (κ3) is 3.84. The molecule has 6 aromatic carbocycles. The molecule has 1 aliphatic rings. The molecule has 1 nitrogen and oxygen atoms in total. The Balaban J connectivity index is 1.46. The smallest absolute Gasteiger partial charge is 0.133 e. The van der Waals surface area contributed by atoms with Crippen LogP contribution >= 0.6 is 0 Å². The van der Waals surface area contributed by atoms with Gasteiger partial charge in [-0.25, -0.2) is 4.39 Å². The Morgan fingerprint density at radius 2 is 1.24 bits per heavy atom. The fourth-order valence-electron chi connectivity index (χ4n) is 6.17. The summed E-state index contributed by atoms with van der Waals surface area (Å²) in [4.78, 5) is 0. The monoisotopic (exact) mass is 481 g/mol. The fourth-order valence-corrected chi connectivity index (χ4v) is 6.17. The first-order valence-electron chi connectivity index (χ1n) is 13.2. The van der Waals surface area contributed by atoms with Crippen LogP contribution in [0, 0.1) is 5.82 Å². The maximum absolute atomic E-state index is 15.4. The first-order valence-corrected chi connectivity index (χ1v) is 13.2. The zero-order valence-electron chi connectivity index (χ0n) is 20.7. The minimum atomic E-state index is -0.197. The van der Waals surface area contributed by atoms with E-state index in [2.05, 4.69) is 72.0 Å². The number of rotatable bonds is 4. The van der Waals surface area contributed by atoms with E-state index in [1.165, 1.54) is 45.7 Å². The van der Waals surface area contributed by atoms with Gasteiger partial charge < -0.3 is 5.32 Å². The summed E-state index contributed by atoms with van der Waals surface area (Å²) in [5.74, 6) is -0.197. The lowest BCUT2D eigenvalue weighted by Crippen LogP contribution is -2.04. The van der Waals surface area contributed by atoms with Gasteiger partial charge in [0.15, 0.2) is 0 Å². The largest absolute Gasteiger partial charge is 0.355 e. The molecule has 0 fully saturated rings. The zero-order valence-corrected chi connectivity index (χ0v) is 20.7. The third-order valence-corrected chi connectivity index (χ3v) is 7.97. The Bertz CT molecular complexity index is 1790. The first-order chi connectivity index (χ1) is 18.3. The predicted molar refractivity (Wildman–Crippen MR) is 155 cm³/mol. The van der Waals surface area contributed by atoms with E-state index in [0.717, 1.165) is 47.0 Å². The quantitative estimate of drug-likeness (QED) is 0.247. The Labute approximate surface area is 216 Å². The predicted octanol–water partition coefficient (Wildman–Crippen LogP) is 9.50. The van der Waals surface area contributed by atoms with Gasteiger partial charge in [-0.2, -0.15) is 0 Å². The van der Waals surface area contributed by atoms with Gasteiger partial charge in [-0.05, 0) is 81.6 Å². The van der Waals surface area contributed by atoms with Crippen molar-refractivity contribution in [2.75, 3.05) is 5.32 Å². The number of halogens is 1. The Hall–Kier alpha value is -4.17. The highest BCUT2D eigenvalue weighted by Crippen LogP contribution is 2.40. The van der Waals surface area contributed by atoms with Gasteiger partial charge in [-0.15, -0.1) is 0 Å². The Morgan fingerprint density at radius 3 is 2.08 bits per heavy atom. The van der Waals surface area contributed by atoms with Gasteiger partial charge in [-0.1, -0.05) is 91.0 Å². The van der Waals surface area contributed by atoms with Crippen LogP contribution in [-0.2, 0) is 19.3 Å². The van der Waals surface area contributed by atoms with E-state index in [4.69, 9.17) is 0 Å². The number of nitrogens with one attached hydrogen (secondary N) is 1. The summed E-state index contributed by atoms with van der Waals surface area (Å²) in [6.07, 6.45) is 5.49. The standard InChI is InChI=1S/C35H28FN/c36-33-22-35(32(20-23-10-2-1-3-11-23)27-15-6-8-16-29(27)33)37-34-21-31-25-13-5-4-12-24(25)18-19-28(31)26-14-7-9-17-30(26)34/h1-3,6-11,14-19,21-22,37H,4-5,12-13,20H2. The molecule has 0 heterocycles. The third-order valence-electron chi connectivity index (χ3n) is 7.97. The lowest BCUT2D eigenvalue weighted by molar-refractivity contribution is 0.640. The molecule has 6 aromatic rings. The molecule has 0 saturated heterocycles. The van der Waals surface area contributed by atoms with Crippen molar-refractivity contribution in [3.05, 3.63) is 131 Å². The lowest BCUT2D eigenvalue weighted by atomic mass is 9.86. The van der Waals surface area contributed by atoms with Crippen LogP contribution < -0.4 is 5.32 Å². The van der Waals surface area contributed by atoms with E-state index < -0.39 is 0 Å². The number of anilines is 2. The maximum atomic E-state index is 15.4. The number of benzene rings is 6. The van der Waals surface area contributed by atoms with E-state index >= 15 is 4.39 Å². The molecule has 0 spiro atoms. The highest BCUT2D eigenvalue weighted by Gasteiger charge is 2.18. The summed E-state index contributed by atoms with van der Waals surface area (Å²) in [7, 11) is 0. The number of aryl methyl sites for hydroxylation is 2. The molecule has 180 valence electrons. The molecule has 0 saturated carbocycles. The number of hydrogen-bond acceptors (Lipinski definition) is 1. The minimum Gasteiger partial charge on any atom is -0.355 e. The maximum Gasteiger partial charge on any atom is 0.133 e. The Kier molecular flexibility index (Phi) is 5.39. The van der Waals surface area contributed by atoms with Crippen molar-refractivity contribution >= 4 is 43.7 Å². The van der Waals surface area contributed by atoms with Crippen molar-refractivity contribution in [2.24, 2.45) is 0 Å². The van der Waals surface area contributed by atoms with E-state index in [1.807, 2.05) is 30.3 Å². The molecule has 2 heteroatoms. The van der Waals surface area contributed by atoms with Gasteiger partial charge in [0.2, 0.25) is 0 Å². The second kappa shape index (κ2) is 9.05. The summed E-state index contributed by atoms with van der Waals surface area (Å²) < 4.78 is 15.4. The Morgan fingerprint density at radius 1 is 0.568 bits per heavy atom. The summed E-state index contributed by atoms with van der Waals surface area (Å²) in [5.41, 5.74) is 7.14. The van der Waals surface area contributed by atoms with Crippen LogP contribution in [-0.4, -0.2) is 0 Å². The van der Waals surface area contributed by atoms with Crippen LogP contribution in [0.1, 0.15) is 35.1 Å². The topological polar surface area (TPSA) is 12.0 Å². The van der Waals surface area contributed by atoms with E-state index in [0.29, 0.717) is 5.39 Å². The summed E-state index contributed by atoms with van der Waals surface area (Å²) >= 11 is 0. The van der Waals surface area contributed by atoms with Crippen molar-refractivity contribution < 1.29 is 4.39 Å². The number of hydrogen-bond donors (Lipinski definition) is 1. The second-order valence-corrected chi connectivity index (χ2v) is 10.2. The molecule has 1 N–H and O–H groups in total. The van der Waals surface area contributed by atoms with Gasteiger partial charge in [0.25, 0.3) is 0 Å². The molecule has 1 aliphatic carbocycles. The van der Waals surface area contributed by atoms with Crippen LogP contribution in [0.2, 0.25) is 0 Å². The zero-order chi connectivity index (χ0) is 24.8. The average Bonchev–Trinajstić information content (AvgIpc) is 2.95. The van der Waals surface area contributed by atoms with Crippen molar-refractivity contribution in [1.29, 1.82) is 0 Å². The van der Waals surface area contributed by atoms with Crippen molar-refractivity contribution in [3.8, 4) is 0 Å². The summed E-state index contributed by atoms with van der Waals surface area (Å²) in [5, 5.41) is 10.4. The molecular formula is C35H28FN. The molecule has 0 radical (unpaired) electrons. The average molecular weight is 482 g/mol. The van der Waals surface area contributed by atoms with Gasteiger partial charge in [0.1, 0.15) is 5.82 Å². The molecule has 0 bridgehead atoms. The van der Waals surface area contributed by atoms with Gasteiger partial charge in [0.05, 0.1) is 0 Å². The molecule has 0 aliphatic heterocycles. The lowest BCUT2D eigenvalue weighted by Gasteiger charge is -2.21. The van der Waals surface area contributed by atoms with E-state index in [-0.39, 0.29) is 5.82 Å². The highest BCUT2D eigenvalue weighted by molar-refractivity contribution is 6.14. The SMILES string of the molecule is Fc1cc(Nc2cc3c4c(ccc3c3ccccc23)CCCC4)c(Cc2ccccc2)c2ccccc12. The molecular weight excluding hydrogens is 453 g/mol. The number of fused-ring (bicyclic) bond motifs is 6. The first kappa shape index (κ1) is 22.1. The van der Waals surface area contributed by atoms with Crippen LogP contribution in [0.5, 0.6) is 0 Å². The van der Waals surface area contributed by atoms with Crippen molar-refractivity contribution in [3.63, 3.8) is 0 Å². The van der Waals surface area contributed by atoms with Gasteiger partial charge >= 0.3 is 0 Å². The normalized spacial score (nSPS) is 13.2. The van der Waals surface area contributed by atoms with Crippen LogP contribution in [0.15, 0.2) is 103 Å². The highest BCUT2D eigenvalue weighted by atomic mass is 19.1. The van der Waals surface area contributed by atoms with E-state index in [1.54, 1.807) is 6.07 Å². The molecule has 0 amide bonds. The molecule has 0 unspecified atom stereocenters.